The second kappa shape index (κ2) is 5.22. The van der Waals surface area contributed by atoms with Crippen LogP contribution in [0.4, 0.5) is 11.8 Å². The highest BCUT2D eigenvalue weighted by molar-refractivity contribution is 7.26. The number of nitrogen functional groups attached to an aromatic ring is 1. The lowest BCUT2D eigenvalue weighted by molar-refractivity contribution is 0.616. The van der Waals surface area contributed by atoms with Gasteiger partial charge in [0.05, 0.1) is 10.2 Å². The Bertz CT molecular complexity index is 862. The van der Waals surface area contributed by atoms with Gasteiger partial charge in [0.15, 0.2) is 5.82 Å². The second-order valence-electron chi connectivity index (χ2n) is 5.55. The van der Waals surface area contributed by atoms with Gasteiger partial charge in [0.25, 0.3) is 0 Å². The van der Waals surface area contributed by atoms with E-state index >= 15 is 0 Å². The number of hydrogen-bond acceptors (Lipinski definition) is 6. The number of nitrogens with zero attached hydrogens (tertiary/aromatic N) is 3. The van der Waals surface area contributed by atoms with E-state index in [9.17, 15) is 0 Å². The number of likely N-dealkylation sites (N-methyl/N-ethyl adjacent to an activating group) is 1. The number of anilines is 2. The van der Waals surface area contributed by atoms with Crippen LogP contribution in [0.25, 0.3) is 20.3 Å². The van der Waals surface area contributed by atoms with E-state index in [-0.39, 0.29) is 0 Å². The van der Waals surface area contributed by atoms with Crippen LogP contribution in [0.2, 0.25) is 5.02 Å². The first-order valence-corrected chi connectivity index (χ1v) is 8.42. The minimum Gasteiger partial charge on any atom is -0.368 e. The summed E-state index contributed by atoms with van der Waals surface area (Å²) < 4.78 is 2.20. The summed E-state index contributed by atoms with van der Waals surface area (Å²) in [6.07, 6.45) is 1.11. The Morgan fingerprint density at radius 1 is 1.41 bits per heavy atom. The lowest BCUT2D eigenvalue weighted by Crippen LogP contribution is -2.30. The van der Waals surface area contributed by atoms with Crippen LogP contribution in [-0.4, -0.2) is 36.1 Å². The van der Waals surface area contributed by atoms with E-state index < -0.39 is 0 Å². The van der Waals surface area contributed by atoms with Crippen LogP contribution < -0.4 is 16.0 Å². The van der Waals surface area contributed by atoms with Gasteiger partial charge in [0.2, 0.25) is 5.95 Å². The predicted octanol–water partition coefficient (Wildman–Crippen LogP) is 2.88. The lowest BCUT2D eigenvalue weighted by atomic mass is 10.2. The second-order valence-corrected chi connectivity index (χ2v) is 7.03. The maximum absolute atomic E-state index is 6.11. The minimum atomic E-state index is 0.324. The van der Waals surface area contributed by atoms with E-state index in [1.807, 2.05) is 25.2 Å². The number of halogens is 1. The summed E-state index contributed by atoms with van der Waals surface area (Å²) in [5.41, 5.74) is 6.88. The van der Waals surface area contributed by atoms with Crippen molar-refractivity contribution in [1.82, 2.24) is 15.3 Å². The maximum Gasteiger partial charge on any atom is 0.222 e. The van der Waals surface area contributed by atoms with Gasteiger partial charge in [0, 0.05) is 34.2 Å². The van der Waals surface area contributed by atoms with Crippen molar-refractivity contribution in [2.24, 2.45) is 0 Å². The van der Waals surface area contributed by atoms with Gasteiger partial charge in [-0.3, -0.25) is 0 Å². The number of aromatic nitrogens is 2. The van der Waals surface area contributed by atoms with Crippen molar-refractivity contribution in [2.45, 2.75) is 12.5 Å². The van der Waals surface area contributed by atoms with Crippen molar-refractivity contribution in [2.75, 3.05) is 30.8 Å². The largest absolute Gasteiger partial charge is 0.368 e. The molecule has 22 heavy (non-hydrogen) atoms. The fraction of sp³-hybridized carbons (Fsp3) is 0.333. The third kappa shape index (κ3) is 2.18. The topological polar surface area (TPSA) is 67.1 Å². The molecule has 3 N–H and O–H groups in total. The molecule has 0 spiro atoms. The van der Waals surface area contributed by atoms with Gasteiger partial charge in [0.1, 0.15) is 0 Å². The summed E-state index contributed by atoms with van der Waals surface area (Å²) >= 11 is 7.79. The van der Waals surface area contributed by atoms with E-state index in [2.05, 4.69) is 20.2 Å². The van der Waals surface area contributed by atoms with Crippen LogP contribution in [0.5, 0.6) is 0 Å². The molecule has 0 unspecified atom stereocenters. The summed E-state index contributed by atoms with van der Waals surface area (Å²) in [5, 5.41) is 5.15. The first-order valence-electron chi connectivity index (χ1n) is 7.23. The van der Waals surface area contributed by atoms with E-state index in [0.717, 1.165) is 50.7 Å². The zero-order valence-electron chi connectivity index (χ0n) is 12.1. The van der Waals surface area contributed by atoms with Gasteiger partial charge in [-0.2, -0.15) is 4.98 Å². The molecule has 3 aromatic rings. The molecule has 4 rings (SSSR count). The highest BCUT2D eigenvalue weighted by Gasteiger charge is 2.25. The van der Waals surface area contributed by atoms with Crippen molar-refractivity contribution in [1.29, 1.82) is 0 Å². The number of rotatable bonds is 2. The van der Waals surface area contributed by atoms with Gasteiger partial charge >= 0.3 is 0 Å². The SMILES string of the molecule is CN[C@H]1CCN(c2nc(N)nc3c2sc2cc(Cl)ccc23)C1. The molecule has 3 heterocycles. The Kier molecular flexibility index (Phi) is 3.32. The summed E-state index contributed by atoms with van der Waals surface area (Å²) in [4.78, 5) is 11.3. The molecule has 1 aliphatic rings. The van der Waals surface area contributed by atoms with Crippen molar-refractivity contribution in [3.63, 3.8) is 0 Å². The van der Waals surface area contributed by atoms with E-state index in [0.29, 0.717) is 12.0 Å². The monoisotopic (exact) mass is 333 g/mol. The molecular formula is C15H16ClN5S. The first-order chi connectivity index (χ1) is 10.7. The standard InChI is InChI=1S/C15H16ClN5S/c1-18-9-4-5-21(7-9)14-13-12(19-15(17)20-14)10-3-2-8(16)6-11(10)22-13/h2-3,6,9,18H,4-5,7H2,1H3,(H2,17,19,20)/t9-/m0/s1. The summed E-state index contributed by atoms with van der Waals surface area (Å²) in [5.74, 6) is 1.27. The number of benzene rings is 1. The highest BCUT2D eigenvalue weighted by Crippen LogP contribution is 2.39. The molecule has 1 atom stereocenters. The zero-order chi connectivity index (χ0) is 15.3. The Morgan fingerprint density at radius 2 is 2.27 bits per heavy atom. The van der Waals surface area contributed by atoms with Crippen molar-refractivity contribution in [3.8, 4) is 0 Å². The molecule has 1 aromatic carbocycles. The van der Waals surface area contributed by atoms with E-state index in [1.54, 1.807) is 11.3 Å². The molecule has 1 saturated heterocycles. The number of fused-ring (bicyclic) bond motifs is 3. The Balaban J connectivity index is 1.92. The van der Waals surface area contributed by atoms with Gasteiger partial charge in [-0.05, 0) is 31.7 Å². The Hall–Kier alpha value is -1.63. The van der Waals surface area contributed by atoms with Gasteiger partial charge in [-0.25, -0.2) is 4.98 Å². The van der Waals surface area contributed by atoms with Crippen LogP contribution in [0.15, 0.2) is 18.2 Å². The number of thiophene rings is 1. The number of hydrogen-bond donors (Lipinski definition) is 2. The van der Waals surface area contributed by atoms with Gasteiger partial charge in [-0.15, -0.1) is 11.3 Å². The molecular weight excluding hydrogens is 318 g/mol. The molecule has 0 aliphatic carbocycles. The molecule has 1 fully saturated rings. The third-order valence-corrected chi connectivity index (χ3v) is 5.54. The molecule has 2 aromatic heterocycles. The van der Waals surface area contributed by atoms with Crippen molar-refractivity contribution in [3.05, 3.63) is 23.2 Å². The quantitative estimate of drug-likeness (QED) is 0.755. The summed E-state index contributed by atoms with van der Waals surface area (Å²) in [6.45, 7) is 1.92. The van der Waals surface area contributed by atoms with Crippen LogP contribution in [0.1, 0.15) is 6.42 Å². The van der Waals surface area contributed by atoms with Crippen LogP contribution in [0, 0.1) is 0 Å². The molecule has 0 amide bonds. The first kappa shape index (κ1) is 14.0. The number of nitrogens with one attached hydrogen (secondary N) is 1. The zero-order valence-corrected chi connectivity index (χ0v) is 13.7. The highest BCUT2D eigenvalue weighted by atomic mass is 35.5. The van der Waals surface area contributed by atoms with Gasteiger partial charge < -0.3 is 16.0 Å². The molecule has 114 valence electrons. The average Bonchev–Trinajstić information content (AvgIpc) is 3.10. The fourth-order valence-electron chi connectivity index (χ4n) is 3.02. The van der Waals surface area contributed by atoms with Gasteiger partial charge in [-0.1, -0.05) is 11.6 Å². The van der Waals surface area contributed by atoms with Crippen LogP contribution in [-0.2, 0) is 0 Å². The lowest BCUT2D eigenvalue weighted by Gasteiger charge is -2.18. The normalized spacial score (nSPS) is 18.6. The molecule has 5 nitrogen and oxygen atoms in total. The average molecular weight is 334 g/mol. The molecule has 0 saturated carbocycles. The number of nitrogens with two attached hydrogens (primary N) is 1. The van der Waals surface area contributed by atoms with E-state index in [1.165, 1.54) is 0 Å². The van der Waals surface area contributed by atoms with Crippen LogP contribution >= 0.6 is 22.9 Å². The molecule has 0 radical (unpaired) electrons. The minimum absolute atomic E-state index is 0.324. The Morgan fingerprint density at radius 3 is 3.05 bits per heavy atom. The van der Waals surface area contributed by atoms with Crippen LogP contribution in [0.3, 0.4) is 0 Å². The van der Waals surface area contributed by atoms with Crippen molar-refractivity contribution < 1.29 is 0 Å². The third-order valence-electron chi connectivity index (χ3n) is 4.17. The maximum atomic E-state index is 6.11. The molecule has 7 heteroatoms. The smallest absolute Gasteiger partial charge is 0.222 e. The predicted molar refractivity (Wildman–Crippen MR) is 94.0 cm³/mol. The molecule has 1 aliphatic heterocycles. The molecule has 0 bridgehead atoms. The van der Waals surface area contributed by atoms with Crippen molar-refractivity contribution >= 4 is 55.0 Å². The van der Waals surface area contributed by atoms with E-state index in [4.69, 9.17) is 17.3 Å². The fourth-order valence-corrected chi connectivity index (χ4v) is 4.46. The Labute approximate surface area is 137 Å². The summed E-state index contributed by atoms with van der Waals surface area (Å²) in [6, 6.07) is 6.37. The summed E-state index contributed by atoms with van der Waals surface area (Å²) in [7, 11) is 2.00.